The van der Waals surface area contributed by atoms with Crippen molar-refractivity contribution in [2.75, 3.05) is 11.4 Å². The van der Waals surface area contributed by atoms with Crippen LogP contribution in [0.4, 0.5) is 11.4 Å². The molecule has 0 N–H and O–H groups in total. The number of nitro groups is 1. The summed E-state index contributed by atoms with van der Waals surface area (Å²) in [5.41, 5.74) is 1.62. The number of hydrogen-bond donors (Lipinski definition) is 0. The van der Waals surface area contributed by atoms with E-state index < -0.39 is 17.0 Å². The number of rotatable bonds is 4. The summed E-state index contributed by atoms with van der Waals surface area (Å²) >= 11 is 5.92. The van der Waals surface area contributed by atoms with Crippen LogP contribution >= 0.6 is 11.6 Å². The molecule has 1 aliphatic heterocycles. The van der Waals surface area contributed by atoms with Gasteiger partial charge in [-0.25, -0.2) is 4.79 Å². The lowest BCUT2D eigenvalue weighted by Crippen LogP contribution is -2.39. The van der Waals surface area contributed by atoms with Crippen LogP contribution in [0.5, 0.6) is 0 Å². The third-order valence-electron chi connectivity index (χ3n) is 4.17. The Bertz CT molecular complexity index is 899. The van der Waals surface area contributed by atoms with E-state index in [9.17, 15) is 19.7 Å². The van der Waals surface area contributed by atoms with E-state index in [2.05, 4.69) is 0 Å². The average molecular weight is 375 g/mol. The highest BCUT2D eigenvalue weighted by molar-refractivity contribution is 6.33. The second-order valence-corrected chi connectivity index (χ2v) is 6.24. The standard InChI is InChI=1S/C18H15ClN2O5/c1-11(17(22)20-9-8-12-4-2-3-5-16(12)20)26-18(23)14-7-6-13(21(24)25)10-15(14)19/h2-7,10-11H,8-9H2,1H3/t11-/m0/s1. The van der Waals surface area contributed by atoms with Gasteiger partial charge in [0.05, 0.1) is 15.5 Å². The maximum atomic E-state index is 12.6. The fourth-order valence-electron chi connectivity index (χ4n) is 2.84. The van der Waals surface area contributed by atoms with Crippen molar-refractivity contribution in [1.29, 1.82) is 0 Å². The minimum absolute atomic E-state index is 0.0289. The summed E-state index contributed by atoms with van der Waals surface area (Å²) in [6.45, 7) is 2.01. The molecular formula is C18H15ClN2O5. The Labute approximate surface area is 154 Å². The lowest BCUT2D eigenvalue weighted by molar-refractivity contribution is -0.384. The van der Waals surface area contributed by atoms with Crippen LogP contribution in [-0.4, -0.2) is 29.4 Å². The summed E-state index contributed by atoms with van der Waals surface area (Å²) in [6, 6.07) is 11.0. The van der Waals surface area contributed by atoms with Gasteiger partial charge in [0.15, 0.2) is 6.10 Å². The van der Waals surface area contributed by atoms with Crippen LogP contribution in [0.25, 0.3) is 0 Å². The van der Waals surface area contributed by atoms with Crippen molar-refractivity contribution in [2.45, 2.75) is 19.4 Å². The van der Waals surface area contributed by atoms with Crippen LogP contribution in [0.2, 0.25) is 5.02 Å². The van der Waals surface area contributed by atoms with Gasteiger partial charge in [0.2, 0.25) is 0 Å². The van der Waals surface area contributed by atoms with Crippen LogP contribution in [0.3, 0.4) is 0 Å². The number of non-ortho nitro benzene ring substituents is 1. The largest absolute Gasteiger partial charge is 0.449 e. The monoisotopic (exact) mass is 374 g/mol. The number of esters is 1. The molecule has 2 aromatic carbocycles. The summed E-state index contributed by atoms with van der Waals surface area (Å²) in [7, 11) is 0. The van der Waals surface area contributed by atoms with Crippen molar-refractivity contribution >= 4 is 34.9 Å². The molecule has 134 valence electrons. The first-order valence-electron chi connectivity index (χ1n) is 7.92. The molecule has 2 aromatic rings. The summed E-state index contributed by atoms with van der Waals surface area (Å²) in [4.78, 5) is 36.6. The quantitative estimate of drug-likeness (QED) is 0.465. The number of benzene rings is 2. The Morgan fingerprint density at radius 2 is 2.00 bits per heavy atom. The van der Waals surface area contributed by atoms with Crippen LogP contribution in [0, 0.1) is 10.1 Å². The highest BCUT2D eigenvalue weighted by Crippen LogP contribution is 2.29. The molecule has 0 aliphatic carbocycles. The van der Waals surface area contributed by atoms with E-state index in [0.29, 0.717) is 6.54 Å². The van der Waals surface area contributed by atoms with Crippen molar-refractivity contribution in [2.24, 2.45) is 0 Å². The Morgan fingerprint density at radius 3 is 2.69 bits per heavy atom. The molecule has 26 heavy (non-hydrogen) atoms. The predicted octanol–water partition coefficient (Wildman–Crippen LogP) is 3.38. The fraction of sp³-hybridized carbons (Fsp3) is 0.222. The van der Waals surface area contributed by atoms with Gasteiger partial charge in [-0.2, -0.15) is 0 Å². The molecule has 0 aromatic heterocycles. The number of hydrogen-bond acceptors (Lipinski definition) is 5. The molecular weight excluding hydrogens is 360 g/mol. The number of carbonyl (C=O) groups excluding carboxylic acids is 2. The summed E-state index contributed by atoms with van der Waals surface area (Å²) < 4.78 is 5.22. The topological polar surface area (TPSA) is 89.7 Å². The molecule has 0 saturated heterocycles. The number of halogens is 1. The Balaban J connectivity index is 1.72. The van der Waals surface area contributed by atoms with Crippen LogP contribution in [0.15, 0.2) is 42.5 Å². The number of nitro benzene ring substituents is 1. The van der Waals surface area contributed by atoms with E-state index in [4.69, 9.17) is 16.3 Å². The smallest absolute Gasteiger partial charge is 0.340 e. The van der Waals surface area contributed by atoms with Crippen molar-refractivity contribution < 1.29 is 19.2 Å². The van der Waals surface area contributed by atoms with Gasteiger partial charge in [-0.3, -0.25) is 14.9 Å². The first-order valence-corrected chi connectivity index (χ1v) is 8.30. The fourth-order valence-corrected chi connectivity index (χ4v) is 3.10. The second-order valence-electron chi connectivity index (χ2n) is 5.84. The minimum atomic E-state index is -1.01. The highest BCUT2D eigenvalue weighted by atomic mass is 35.5. The number of fused-ring (bicyclic) bond motifs is 1. The third-order valence-corrected chi connectivity index (χ3v) is 4.48. The zero-order valence-corrected chi connectivity index (χ0v) is 14.6. The maximum Gasteiger partial charge on any atom is 0.340 e. The molecule has 1 heterocycles. The summed E-state index contributed by atoms with van der Waals surface area (Å²) in [5.74, 6) is -1.14. The molecule has 0 radical (unpaired) electrons. The molecule has 3 rings (SSSR count). The molecule has 0 unspecified atom stereocenters. The van der Waals surface area contributed by atoms with Gasteiger partial charge < -0.3 is 9.64 Å². The summed E-state index contributed by atoms with van der Waals surface area (Å²) in [5, 5.41) is 10.6. The van der Waals surface area contributed by atoms with Gasteiger partial charge in [0.25, 0.3) is 11.6 Å². The van der Waals surface area contributed by atoms with E-state index in [1.165, 1.54) is 13.0 Å². The molecule has 1 atom stereocenters. The van der Waals surface area contributed by atoms with Gasteiger partial charge in [-0.1, -0.05) is 29.8 Å². The Kier molecular flexibility index (Phi) is 4.90. The predicted molar refractivity (Wildman–Crippen MR) is 95.5 cm³/mol. The van der Waals surface area contributed by atoms with Gasteiger partial charge in [-0.05, 0) is 31.0 Å². The second kappa shape index (κ2) is 7.13. The molecule has 7 nitrogen and oxygen atoms in total. The first-order chi connectivity index (χ1) is 12.4. The summed E-state index contributed by atoms with van der Waals surface area (Å²) in [6.07, 6.45) is -0.267. The molecule has 1 amide bonds. The highest BCUT2D eigenvalue weighted by Gasteiger charge is 2.30. The molecule has 0 fully saturated rings. The number of anilines is 1. The molecule has 0 spiro atoms. The average Bonchev–Trinajstić information content (AvgIpc) is 3.04. The third kappa shape index (κ3) is 3.39. The van der Waals surface area contributed by atoms with Crippen molar-refractivity contribution in [1.82, 2.24) is 0 Å². The maximum absolute atomic E-state index is 12.6. The molecule has 1 aliphatic rings. The normalized spacial score (nSPS) is 13.8. The minimum Gasteiger partial charge on any atom is -0.449 e. The zero-order chi connectivity index (χ0) is 18.8. The number of carbonyl (C=O) groups is 2. The van der Waals surface area contributed by atoms with Crippen molar-refractivity contribution in [3.05, 3.63) is 68.7 Å². The van der Waals surface area contributed by atoms with E-state index in [-0.39, 0.29) is 22.2 Å². The lowest BCUT2D eigenvalue weighted by atomic mass is 10.2. The van der Waals surface area contributed by atoms with Gasteiger partial charge in [0, 0.05) is 24.4 Å². The molecule has 8 heteroatoms. The van der Waals surface area contributed by atoms with E-state index in [1.807, 2.05) is 24.3 Å². The lowest BCUT2D eigenvalue weighted by Gasteiger charge is -2.21. The van der Waals surface area contributed by atoms with Crippen molar-refractivity contribution in [3.8, 4) is 0 Å². The number of ether oxygens (including phenoxy) is 1. The van der Waals surface area contributed by atoms with Gasteiger partial charge in [-0.15, -0.1) is 0 Å². The van der Waals surface area contributed by atoms with Crippen LogP contribution < -0.4 is 4.90 Å². The van der Waals surface area contributed by atoms with Crippen molar-refractivity contribution in [3.63, 3.8) is 0 Å². The number of amides is 1. The Morgan fingerprint density at radius 1 is 1.27 bits per heavy atom. The number of para-hydroxylation sites is 1. The van der Waals surface area contributed by atoms with Crippen LogP contribution in [-0.2, 0) is 16.0 Å². The van der Waals surface area contributed by atoms with E-state index in [1.54, 1.807) is 4.90 Å². The Hall–Kier alpha value is -2.93. The SMILES string of the molecule is C[C@H](OC(=O)c1ccc([N+](=O)[O-])cc1Cl)C(=O)N1CCc2ccccc21. The first kappa shape index (κ1) is 17.9. The zero-order valence-electron chi connectivity index (χ0n) is 13.8. The molecule has 0 bridgehead atoms. The van der Waals surface area contributed by atoms with Gasteiger partial charge >= 0.3 is 5.97 Å². The van der Waals surface area contributed by atoms with E-state index >= 15 is 0 Å². The number of nitrogens with zero attached hydrogens (tertiary/aromatic N) is 2. The van der Waals surface area contributed by atoms with E-state index in [0.717, 1.165) is 29.8 Å². The molecule has 0 saturated carbocycles. The van der Waals surface area contributed by atoms with Crippen LogP contribution in [0.1, 0.15) is 22.8 Å². The van der Waals surface area contributed by atoms with Gasteiger partial charge in [0.1, 0.15) is 0 Å².